The van der Waals surface area contributed by atoms with E-state index in [1.807, 2.05) is 31.2 Å². The Morgan fingerprint density at radius 1 is 1.23 bits per heavy atom. The molecule has 2 aromatic rings. The van der Waals surface area contributed by atoms with E-state index >= 15 is 0 Å². The summed E-state index contributed by atoms with van der Waals surface area (Å²) in [5.74, 6) is -0.0759. The molecule has 0 saturated heterocycles. The predicted octanol–water partition coefficient (Wildman–Crippen LogP) is 3.32. The molecule has 5 nitrogen and oxygen atoms in total. The predicted molar refractivity (Wildman–Crippen MR) is 104 cm³/mol. The molecule has 0 spiro atoms. The second kappa shape index (κ2) is 7.29. The van der Waals surface area contributed by atoms with Crippen LogP contribution in [0.1, 0.15) is 28.4 Å². The van der Waals surface area contributed by atoms with Crippen molar-refractivity contribution in [2.24, 2.45) is 0 Å². The number of hydrogen-bond acceptors (Lipinski definition) is 3. The number of anilines is 1. The lowest BCUT2D eigenvalue weighted by Crippen LogP contribution is -2.30. The highest BCUT2D eigenvalue weighted by Crippen LogP contribution is 2.31. The first-order chi connectivity index (χ1) is 12.3. The lowest BCUT2D eigenvalue weighted by Gasteiger charge is -2.22. The SMILES string of the molecule is CCN(Cc1cccc(Cl)c1)C(=O)c1ccc2c(c1)CCN2S(C)(=O)=O. The van der Waals surface area contributed by atoms with Crippen LogP contribution in [0.5, 0.6) is 0 Å². The number of halogens is 1. The van der Waals surface area contributed by atoms with Gasteiger partial charge < -0.3 is 4.90 Å². The fraction of sp³-hybridized carbons (Fsp3) is 0.316. The van der Waals surface area contributed by atoms with Gasteiger partial charge in [-0.25, -0.2) is 8.42 Å². The molecule has 0 radical (unpaired) electrons. The second-order valence-corrected chi connectivity index (χ2v) is 8.72. The largest absolute Gasteiger partial charge is 0.335 e. The van der Waals surface area contributed by atoms with Crippen molar-refractivity contribution in [3.05, 3.63) is 64.2 Å². The van der Waals surface area contributed by atoms with Crippen molar-refractivity contribution in [1.29, 1.82) is 0 Å². The van der Waals surface area contributed by atoms with Gasteiger partial charge in [0, 0.05) is 30.2 Å². The number of rotatable bonds is 5. The van der Waals surface area contributed by atoms with Crippen LogP contribution in [0.25, 0.3) is 0 Å². The molecule has 0 atom stereocenters. The molecule has 2 aromatic carbocycles. The summed E-state index contributed by atoms with van der Waals surface area (Å²) in [5.41, 5.74) is 3.10. The molecule has 1 heterocycles. The van der Waals surface area contributed by atoms with Crippen LogP contribution in [-0.2, 0) is 23.0 Å². The Hall–Kier alpha value is -2.05. The Kier molecular flexibility index (Phi) is 5.25. The molecule has 0 aromatic heterocycles. The normalized spacial score (nSPS) is 13.6. The lowest BCUT2D eigenvalue weighted by molar-refractivity contribution is 0.0752. The molecule has 0 saturated carbocycles. The molecule has 26 heavy (non-hydrogen) atoms. The van der Waals surface area contributed by atoms with Crippen molar-refractivity contribution in [3.8, 4) is 0 Å². The topological polar surface area (TPSA) is 57.7 Å². The van der Waals surface area contributed by atoms with E-state index in [0.29, 0.717) is 42.3 Å². The molecular weight excluding hydrogens is 372 g/mol. The van der Waals surface area contributed by atoms with E-state index in [2.05, 4.69) is 0 Å². The maximum absolute atomic E-state index is 12.9. The third kappa shape index (κ3) is 3.86. The van der Waals surface area contributed by atoms with Crippen molar-refractivity contribution in [2.75, 3.05) is 23.7 Å². The average Bonchev–Trinajstić information content (AvgIpc) is 3.02. The minimum Gasteiger partial charge on any atom is -0.335 e. The molecule has 0 fully saturated rings. The maximum atomic E-state index is 12.9. The monoisotopic (exact) mass is 392 g/mol. The van der Waals surface area contributed by atoms with Crippen LogP contribution < -0.4 is 4.31 Å². The summed E-state index contributed by atoms with van der Waals surface area (Å²) in [6, 6.07) is 12.7. The zero-order chi connectivity index (χ0) is 18.9. The highest BCUT2D eigenvalue weighted by molar-refractivity contribution is 7.92. The maximum Gasteiger partial charge on any atom is 0.254 e. The van der Waals surface area contributed by atoms with Crippen molar-refractivity contribution in [3.63, 3.8) is 0 Å². The summed E-state index contributed by atoms with van der Waals surface area (Å²) in [6.45, 7) is 3.40. The Bertz CT molecular complexity index is 944. The van der Waals surface area contributed by atoms with Crippen LogP contribution in [-0.4, -0.2) is 38.6 Å². The molecule has 0 unspecified atom stereocenters. The fourth-order valence-electron chi connectivity index (χ4n) is 3.21. The van der Waals surface area contributed by atoms with Gasteiger partial charge in [-0.05, 0) is 54.8 Å². The molecular formula is C19H21ClN2O3S. The minimum atomic E-state index is -3.29. The smallest absolute Gasteiger partial charge is 0.254 e. The van der Waals surface area contributed by atoms with Crippen molar-refractivity contribution >= 4 is 33.2 Å². The van der Waals surface area contributed by atoms with Gasteiger partial charge in [-0.2, -0.15) is 0 Å². The third-order valence-corrected chi connectivity index (χ3v) is 5.93. The Labute approximate surface area is 159 Å². The van der Waals surface area contributed by atoms with E-state index in [1.54, 1.807) is 23.1 Å². The molecule has 0 aliphatic carbocycles. The van der Waals surface area contributed by atoms with Crippen LogP contribution in [0.15, 0.2) is 42.5 Å². The Balaban J connectivity index is 1.83. The summed E-state index contributed by atoms with van der Waals surface area (Å²) in [6.07, 6.45) is 1.81. The Morgan fingerprint density at radius 3 is 2.65 bits per heavy atom. The third-order valence-electron chi connectivity index (χ3n) is 4.51. The standard InChI is InChI=1S/C19H21ClN2O3S/c1-3-21(13-14-5-4-6-17(20)11-14)19(23)16-7-8-18-15(12-16)9-10-22(18)26(2,24)25/h4-8,11-12H,3,9-10,13H2,1-2H3. The lowest BCUT2D eigenvalue weighted by atomic mass is 10.1. The molecule has 0 N–H and O–H groups in total. The van der Waals surface area contributed by atoms with Gasteiger partial charge in [-0.3, -0.25) is 9.10 Å². The quantitative estimate of drug-likeness (QED) is 0.784. The summed E-state index contributed by atoms with van der Waals surface area (Å²) >= 11 is 6.03. The number of amides is 1. The summed E-state index contributed by atoms with van der Waals surface area (Å²) in [5, 5.41) is 0.643. The van der Waals surface area contributed by atoms with Crippen LogP contribution in [0.2, 0.25) is 5.02 Å². The number of nitrogens with zero attached hydrogens (tertiary/aromatic N) is 2. The average molecular weight is 393 g/mol. The van der Waals surface area contributed by atoms with Crippen molar-refractivity contribution in [1.82, 2.24) is 4.90 Å². The van der Waals surface area contributed by atoms with Gasteiger partial charge in [0.25, 0.3) is 5.91 Å². The van der Waals surface area contributed by atoms with Gasteiger partial charge in [0.05, 0.1) is 11.9 Å². The van der Waals surface area contributed by atoms with E-state index in [1.165, 1.54) is 10.6 Å². The molecule has 1 aliphatic heterocycles. The van der Waals surface area contributed by atoms with Gasteiger partial charge in [-0.1, -0.05) is 23.7 Å². The molecule has 3 rings (SSSR count). The number of benzene rings is 2. The summed E-state index contributed by atoms with van der Waals surface area (Å²) in [4.78, 5) is 14.7. The first-order valence-corrected chi connectivity index (χ1v) is 10.7. The zero-order valence-corrected chi connectivity index (χ0v) is 16.3. The second-order valence-electron chi connectivity index (χ2n) is 6.38. The van der Waals surface area contributed by atoms with Crippen molar-refractivity contribution < 1.29 is 13.2 Å². The van der Waals surface area contributed by atoms with Gasteiger partial charge in [-0.15, -0.1) is 0 Å². The zero-order valence-electron chi connectivity index (χ0n) is 14.8. The summed E-state index contributed by atoms with van der Waals surface area (Å²) in [7, 11) is -3.29. The fourth-order valence-corrected chi connectivity index (χ4v) is 4.39. The molecule has 0 bridgehead atoms. The Morgan fingerprint density at radius 2 is 2.00 bits per heavy atom. The number of sulfonamides is 1. The highest BCUT2D eigenvalue weighted by Gasteiger charge is 2.27. The van der Waals surface area contributed by atoms with Gasteiger partial charge in [0.1, 0.15) is 0 Å². The molecule has 1 aliphatic rings. The van der Waals surface area contributed by atoms with E-state index in [-0.39, 0.29) is 5.91 Å². The van der Waals surface area contributed by atoms with Crippen molar-refractivity contribution in [2.45, 2.75) is 19.9 Å². The molecule has 138 valence electrons. The number of hydrogen-bond donors (Lipinski definition) is 0. The van der Waals surface area contributed by atoms with E-state index in [9.17, 15) is 13.2 Å². The van der Waals surface area contributed by atoms with Crippen LogP contribution in [0, 0.1) is 0 Å². The van der Waals surface area contributed by atoms with Gasteiger partial charge >= 0.3 is 0 Å². The number of fused-ring (bicyclic) bond motifs is 1. The highest BCUT2D eigenvalue weighted by atomic mass is 35.5. The van der Waals surface area contributed by atoms with E-state index < -0.39 is 10.0 Å². The number of carbonyl (C=O) groups excluding carboxylic acids is 1. The molecule has 7 heteroatoms. The summed E-state index contributed by atoms with van der Waals surface area (Å²) < 4.78 is 25.1. The van der Waals surface area contributed by atoms with E-state index in [0.717, 1.165) is 11.1 Å². The number of carbonyl (C=O) groups is 1. The van der Waals surface area contributed by atoms with Gasteiger partial charge in [0.15, 0.2) is 0 Å². The van der Waals surface area contributed by atoms with Gasteiger partial charge in [0.2, 0.25) is 10.0 Å². The minimum absolute atomic E-state index is 0.0759. The van der Waals surface area contributed by atoms with Crippen LogP contribution >= 0.6 is 11.6 Å². The van der Waals surface area contributed by atoms with Crippen LogP contribution in [0.3, 0.4) is 0 Å². The molecule has 1 amide bonds. The van der Waals surface area contributed by atoms with Crippen LogP contribution in [0.4, 0.5) is 5.69 Å². The first kappa shape index (κ1) is 18.7. The van der Waals surface area contributed by atoms with E-state index in [4.69, 9.17) is 11.6 Å². The first-order valence-electron chi connectivity index (χ1n) is 8.44.